The van der Waals surface area contributed by atoms with Crippen LogP contribution >= 0.6 is 0 Å². The number of carbonyl (C=O) groups is 1. The SMILES string of the molecule is CCCC1(OC(=O)Oc2ccc(F)cc2)CCC(C2CCCCC2)CC1. The summed E-state index contributed by atoms with van der Waals surface area (Å²) in [6, 6.07) is 5.45. The summed E-state index contributed by atoms with van der Waals surface area (Å²) in [7, 11) is 0. The Morgan fingerprint density at radius 3 is 2.27 bits per heavy atom. The molecular formula is C22H31FO3. The van der Waals surface area contributed by atoms with Crippen molar-refractivity contribution in [2.75, 3.05) is 0 Å². The molecule has 0 heterocycles. The molecule has 0 N–H and O–H groups in total. The largest absolute Gasteiger partial charge is 0.514 e. The fraction of sp³-hybridized carbons (Fsp3) is 0.682. The van der Waals surface area contributed by atoms with E-state index in [4.69, 9.17) is 9.47 Å². The van der Waals surface area contributed by atoms with Gasteiger partial charge in [-0.2, -0.15) is 0 Å². The summed E-state index contributed by atoms with van der Waals surface area (Å²) in [5.41, 5.74) is -0.392. The molecule has 0 bridgehead atoms. The second-order valence-electron chi connectivity index (χ2n) is 8.08. The normalized spacial score (nSPS) is 27.1. The predicted molar refractivity (Wildman–Crippen MR) is 99.7 cm³/mol. The van der Waals surface area contributed by atoms with Gasteiger partial charge in [-0.15, -0.1) is 0 Å². The fourth-order valence-corrected chi connectivity index (χ4v) is 4.90. The number of halogens is 1. The molecule has 0 saturated heterocycles. The molecule has 1 aromatic carbocycles. The molecule has 1 aromatic rings. The van der Waals surface area contributed by atoms with E-state index in [2.05, 4.69) is 6.92 Å². The van der Waals surface area contributed by atoms with Crippen LogP contribution in [0.25, 0.3) is 0 Å². The third-order valence-electron chi connectivity index (χ3n) is 6.28. The maximum absolute atomic E-state index is 13.0. The number of benzene rings is 1. The molecule has 2 fully saturated rings. The molecular weight excluding hydrogens is 331 g/mol. The predicted octanol–water partition coefficient (Wildman–Crippen LogP) is 6.65. The van der Waals surface area contributed by atoms with Crippen LogP contribution in [0, 0.1) is 17.7 Å². The summed E-state index contributed by atoms with van der Waals surface area (Å²) < 4.78 is 24.1. The first-order valence-electron chi connectivity index (χ1n) is 10.3. The van der Waals surface area contributed by atoms with Crippen molar-refractivity contribution in [3.05, 3.63) is 30.1 Å². The average molecular weight is 362 g/mol. The Balaban J connectivity index is 1.56. The van der Waals surface area contributed by atoms with Crippen molar-refractivity contribution in [1.29, 1.82) is 0 Å². The molecule has 0 amide bonds. The number of hydrogen-bond donors (Lipinski definition) is 0. The van der Waals surface area contributed by atoms with Gasteiger partial charge in [-0.25, -0.2) is 9.18 Å². The number of ether oxygens (including phenoxy) is 2. The van der Waals surface area contributed by atoms with Crippen LogP contribution in [0.5, 0.6) is 5.75 Å². The minimum absolute atomic E-state index is 0.318. The summed E-state index contributed by atoms with van der Waals surface area (Å²) >= 11 is 0. The second kappa shape index (κ2) is 8.88. The Labute approximate surface area is 156 Å². The van der Waals surface area contributed by atoms with Crippen molar-refractivity contribution in [1.82, 2.24) is 0 Å². The van der Waals surface area contributed by atoms with E-state index in [1.807, 2.05) is 0 Å². The molecule has 3 rings (SSSR count). The third-order valence-corrected chi connectivity index (χ3v) is 6.28. The Bertz CT molecular complexity index is 570. The van der Waals surface area contributed by atoms with Gasteiger partial charge in [-0.1, -0.05) is 45.4 Å². The maximum atomic E-state index is 13.0. The lowest BCUT2D eigenvalue weighted by molar-refractivity contribution is -0.0575. The molecule has 144 valence electrons. The highest BCUT2D eigenvalue weighted by molar-refractivity contribution is 5.64. The van der Waals surface area contributed by atoms with E-state index < -0.39 is 11.8 Å². The molecule has 0 radical (unpaired) electrons. The number of hydrogen-bond acceptors (Lipinski definition) is 3. The van der Waals surface area contributed by atoms with Gasteiger partial charge >= 0.3 is 6.16 Å². The van der Waals surface area contributed by atoms with Gasteiger partial charge < -0.3 is 9.47 Å². The van der Waals surface area contributed by atoms with Gasteiger partial charge in [-0.3, -0.25) is 0 Å². The summed E-state index contributed by atoms with van der Waals surface area (Å²) in [5, 5.41) is 0. The summed E-state index contributed by atoms with van der Waals surface area (Å²) in [4.78, 5) is 12.3. The van der Waals surface area contributed by atoms with Crippen LogP contribution in [0.2, 0.25) is 0 Å². The molecule has 26 heavy (non-hydrogen) atoms. The molecule has 2 saturated carbocycles. The first-order chi connectivity index (χ1) is 12.6. The van der Waals surface area contributed by atoms with Crippen LogP contribution in [0.4, 0.5) is 9.18 Å². The molecule has 2 aliphatic rings. The van der Waals surface area contributed by atoms with Crippen LogP contribution in [-0.2, 0) is 4.74 Å². The van der Waals surface area contributed by atoms with E-state index in [0.717, 1.165) is 50.4 Å². The van der Waals surface area contributed by atoms with Gasteiger partial charge in [-0.05, 0) is 68.2 Å². The second-order valence-corrected chi connectivity index (χ2v) is 8.08. The van der Waals surface area contributed by atoms with E-state index >= 15 is 0 Å². The molecule has 4 heteroatoms. The molecule has 0 spiro atoms. The third kappa shape index (κ3) is 4.99. The van der Waals surface area contributed by atoms with Gasteiger partial charge in [0.05, 0.1) is 0 Å². The van der Waals surface area contributed by atoms with Gasteiger partial charge in [0, 0.05) is 0 Å². The molecule has 3 nitrogen and oxygen atoms in total. The first-order valence-corrected chi connectivity index (χ1v) is 10.3. The van der Waals surface area contributed by atoms with Crippen molar-refractivity contribution >= 4 is 6.16 Å². The minimum Gasteiger partial charge on any atom is -0.427 e. The molecule has 0 aliphatic heterocycles. The lowest BCUT2D eigenvalue weighted by Crippen LogP contribution is -2.41. The van der Waals surface area contributed by atoms with Crippen molar-refractivity contribution in [3.63, 3.8) is 0 Å². The van der Waals surface area contributed by atoms with Crippen molar-refractivity contribution in [2.45, 2.75) is 83.2 Å². The Morgan fingerprint density at radius 2 is 1.65 bits per heavy atom. The summed E-state index contributed by atoms with van der Waals surface area (Å²) in [6.07, 6.45) is 12.2. The maximum Gasteiger partial charge on any atom is 0.514 e. The van der Waals surface area contributed by atoms with Crippen molar-refractivity contribution in [2.24, 2.45) is 11.8 Å². The first kappa shape index (κ1) is 19.2. The molecule has 2 aliphatic carbocycles. The van der Waals surface area contributed by atoms with Gasteiger partial charge in [0.15, 0.2) is 0 Å². The van der Waals surface area contributed by atoms with E-state index in [1.54, 1.807) is 0 Å². The van der Waals surface area contributed by atoms with E-state index in [-0.39, 0.29) is 5.82 Å². The van der Waals surface area contributed by atoms with Crippen molar-refractivity contribution in [3.8, 4) is 5.75 Å². The Kier molecular flexibility index (Phi) is 6.55. The quantitative estimate of drug-likeness (QED) is 0.434. The van der Waals surface area contributed by atoms with Gasteiger partial charge in [0.25, 0.3) is 0 Å². The zero-order chi connectivity index (χ0) is 18.4. The zero-order valence-electron chi connectivity index (χ0n) is 15.8. The minimum atomic E-state index is -0.666. The molecule has 0 atom stereocenters. The highest BCUT2D eigenvalue weighted by Gasteiger charge is 2.40. The van der Waals surface area contributed by atoms with E-state index in [1.165, 1.54) is 56.4 Å². The Morgan fingerprint density at radius 1 is 1.04 bits per heavy atom. The van der Waals surface area contributed by atoms with Gasteiger partial charge in [0.2, 0.25) is 0 Å². The fourth-order valence-electron chi connectivity index (χ4n) is 4.90. The van der Waals surface area contributed by atoms with Crippen LogP contribution in [-0.4, -0.2) is 11.8 Å². The smallest absolute Gasteiger partial charge is 0.427 e. The standard InChI is InChI=1S/C22H31FO3/c1-2-14-22(26-21(24)25-20-10-8-19(23)9-11-20)15-12-18(13-16-22)17-6-4-3-5-7-17/h8-11,17-18H,2-7,12-16H2,1H3. The lowest BCUT2D eigenvalue weighted by Gasteiger charge is -2.42. The zero-order valence-corrected chi connectivity index (χ0v) is 15.8. The summed E-state index contributed by atoms with van der Waals surface area (Å²) in [5.74, 6) is 1.62. The van der Waals surface area contributed by atoms with E-state index in [0.29, 0.717) is 5.75 Å². The van der Waals surface area contributed by atoms with Crippen LogP contribution in [0.1, 0.15) is 77.6 Å². The monoisotopic (exact) mass is 362 g/mol. The average Bonchev–Trinajstić information content (AvgIpc) is 2.65. The number of carbonyl (C=O) groups excluding carboxylic acids is 1. The summed E-state index contributed by atoms with van der Waals surface area (Å²) in [6.45, 7) is 2.13. The highest BCUT2D eigenvalue weighted by Crippen LogP contribution is 2.44. The lowest BCUT2D eigenvalue weighted by atomic mass is 9.68. The van der Waals surface area contributed by atoms with Crippen LogP contribution in [0.15, 0.2) is 24.3 Å². The highest BCUT2D eigenvalue weighted by atomic mass is 19.1. The van der Waals surface area contributed by atoms with Crippen molar-refractivity contribution < 1.29 is 18.7 Å². The van der Waals surface area contributed by atoms with Crippen LogP contribution < -0.4 is 4.74 Å². The van der Waals surface area contributed by atoms with Crippen LogP contribution in [0.3, 0.4) is 0 Å². The molecule has 0 aromatic heterocycles. The topological polar surface area (TPSA) is 35.5 Å². The Hall–Kier alpha value is -1.58. The number of rotatable bonds is 5. The van der Waals surface area contributed by atoms with E-state index in [9.17, 15) is 9.18 Å². The van der Waals surface area contributed by atoms with Gasteiger partial charge in [0.1, 0.15) is 17.2 Å². The molecule has 0 unspecified atom stereocenters.